The molecular weight excluding hydrogens is 324 g/mol. The molecule has 0 bridgehead atoms. The van der Waals surface area contributed by atoms with Crippen LogP contribution in [-0.2, 0) is 11.3 Å². The van der Waals surface area contributed by atoms with E-state index in [-0.39, 0.29) is 11.9 Å². The lowest BCUT2D eigenvalue weighted by Crippen LogP contribution is -2.46. The van der Waals surface area contributed by atoms with Gasteiger partial charge in [0.25, 0.3) is 0 Å². The molecule has 1 heterocycles. The number of carbonyl (C=O) groups excluding carboxylic acids is 1. The number of piperazine rings is 1. The van der Waals surface area contributed by atoms with E-state index < -0.39 is 0 Å². The van der Waals surface area contributed by atoms with Crippen LogP contribution in [0.2, 0.25) is 0 Å². The molecule has 0 saturated carbocycles. The number of nitrogens with one attached hydrogen (secondary N) is 1. The average Bonchev–Trinajstić information content (AvgIpc) is 2.63. The van der Waals surface area contributed by atoms with E-state index in [1.165, 1.54) is 5.56 Å². The molecular formula is C21H36N4O. The fourth-order valence-electron chi connectivity index (χ4n) is 3.43. The maximum absolute atomic E-state index is 11.9. The van der Waals surface area contributed by atoms with Gasteiger partial charge >= 0.3 is 0 Å². The Morgan fingerprint density at radius 1 is 1.08 bits per heavy atom. The first-order valence-electron chi connectivity index (χ1n) is 10.1. The van der Waals surface area contributed by atoms with Crippen LogP contribution >= 0.6 is 0 Å². The van der Waals surface area contributed by atoms with Crippen molar-refractivity contribution in [1.82, 2.24) is 15.1 Å². The zero-order valence-corrected chi connectivity index (χ0v) is 16.5. The molecule has 1 saturated heterocycles. The minimum absolute atomic E-state index is 0.00627. The average molecular weight is 361 g/mol. The highest BCUT2D eigenvalue weighted by Crippen LogP contribution is 2.09. The quantitative estimate of drug-likeness (QED) is 0.627. The molecule has 1 aromatic rings. The lowest BCUT2D eigenvalue weighted by Gasteiger charge is -2.34. The zero-order valence-electron chi connectivity index (χ0n) is 16.5. The van der Waals surface area contributed by atoms with Gasteiger partial charge in [-0.15, -0.1) is 0 Å². The number of carbonyl (C=O) groups is 1. The van der Waals surface area contributed by atoms with Crippen molar-refractivity contribution < 1.29 is 4.79 Å². The van der Waals surface area contributed by atoms with Gasteiger partial charge in [0.05, 0.1) is 6.04 Å². The Kier molecular flexibility index (Phi) is 9.09. The zero-order chi connectivity index (χ0) is 18.8. The van der Waals surface area contributed by atoms with Crippen LogP contribution in [0.5, 0.6) is 0 Å². The van der Waals surface area contributed by atoms with Crippen LogP contribution in [-0.4, -0.2) is 61.0 Å². The first-order chi connectivity index (χ1) is 12.5. The Morgan fingerprint density at radius 2 is 1.73 bits per heavy atom. The molecule has 0 unspecified atom stereocenters. The number of nitrogens with zero attached hydrogens (tertiary/aromatic N) is 2. The van der Waals surface area contributed by atoms with Gasteiger partial charge in [0.15, 0.2) is 0 Å². The Bertz CT molecular complexity index is 512. The number of hydrogen-bond acceptors (Lipinski definition) is 4. The molecule has 1 amide bonds. The van der Waals surface area contributed by atoms with Crippen LogP contribution in [0.4, 0.5) is 0 Å². The normalized spacial score (nSPS) is 17.4. The molecule has 0 aliphatic carbocycles. The van der Waals surface area contributed by atoms with E-state index in [1.54, 1.807) is 0 Å². The molecule has 0 radical (unpaired) electrons. The number of nitrogens with two attached hydrogens (primary N) is 1. The van der Waals surface area contributed by atoms with Crippen molar-refractivity contribution in [1.29, 1.82) is 0 Å². The summed E-state index contributed by atoms with van der Waals surface area (Å²) >= 11 is 0. The lowest BCUT2D eigenvalue weighted by molar-refractivity contribution is -0.122. The summed E-state index contributed by atoms with van der Waals surface area (Å²) in [6, 6.07) is 10.3. The minimum atomic E-state index is -0.368. The highest BCUT2D eigenvalue weighted by atomic mass is 16.2. The van der Waals surface area contributed by atoms with Crippen molar-refractivity contribution in [2.75, 3.05) is 39.3 Å². The maximum atomic E-state index is 11.9. The summed E-state index contributed by atoms with van der Waals surface area (Å²) in [6.07, 6.45) is 2.89. The van der Waals surface area contributed by atoms with Gasteiger partial charge in [-0.2, -0.15) is 0 Å². The second kappa shape index (κ2) is 11.3. The Morgan fingerprint density at radius 3 is 2.38 bits per heavy atom. The molecule has 146 valence electrons. The van der Waals surface area contributed by atoms with Crippen molar-refractivity contribution in [2.45, 2.75) is 45.7 Å². The number of hydrogen-bond donors (Lipinski definition) is 2. The van der Waals surface area contributed by atoms with Crippen molar-refractivity contribution in [2.24, 2.45) is 11.7 Å². The third-order valence-electron chi connectivity index (χ3n) is 4.98. The molecule has 2 rings (SSSR count). The first-order valence-corrected chi connectivity index (χ1v) is 10.1. The van der Waals surface area contributed by atoms with Crippen LogP contribution in [0.15, 0.2) is 30.3 Å². The van der Waals surface area contributed by atoms with Gasteiger partial charge in [-0.05, 0) is 37.3 Å². The highest BCUT2D eigenvalue weighted by Gasteiger charge is 2.17. The molecule has 0 spiro atoms. The van der Waals surface area contributed by atoms with Gasteiger partial charge in [0.1, 0.15) is 0 Å². The van der Waals surface area contributed by atoms with Crippen molar-refractivity contribution in [3.8, 4) is 0 Å². The Hall–Kier alpha value is -1.43. The number of benzene rings is 1. The van der Waals surface area contributed by atoms with Crippen molar-refractivity contribution in [3.05, 3.63) is 35.9 Å². The number of amides is 1. The topological polar surface area (TPSA) is 61.6 Å². The van der Waals surface area contributed by atoms with Crippen LogP contribution in [0.1, 0.15) is 38.7 Å². The summed E-state index contributed by atoms with van der Waals surface area (Å²) < 4.78 is 0. The molecule has 26 heavy (non-hydrogen) atoms. The fraction of sp³-hybridized carbons (Fsp3) is 0.667. The molecule has 0 aromatic heterocycles. The summed E-state index contributed by atoms with van der Waals surface area (Å²) in [6.45, 7) is 11.6. The van der Waals surface area contributed by atoms with Gasteiger partial charge in [-0.1, -0.05) is 44.2 Å². The summed E-state index contributed by atoms with van der Waals surface area (Å²) in [7, 11) is 0. The van der Waals surface area contributed by atoms with E-state index >= 15 is 0 Å². The number of rotatable bonds is 10. The molecule has 5 nitrogen and oxygen atoms in total. The molecule has 1 aliphatic rings. The van der Waals surface area contributed by atoms with E-state index in [2.05, 4.69) is 59.3 Å². The summed E-state index contributed by atoms with van der Waals surface area (Å²) in [5.41, 5.74) is 7.29. The predicted molar refractivity (Wildman–Crippen MR) is 108 cm³/mol. The van der Waals surface area contributed by atoms with Gasteiger partial charge < -0.3 is 16.0 Å². The first kappa shape index (κ1) is 20.9. The monoisotopic (exact) mass is 360 g/mol. The fourth-order valence-corrected chi connectivity index (χ4v) is 3.43. The molecule has 1 aromatic carbocycles. The molecule has 1 atom stereocenters. The molecule has 1 aliphatic heterocycles. The van der Waals surface area contributed by atoms with E-state index in [9.17, 15) is 4.79 Å². The lowest BCUT2D eigenvalue weighted by atomic mass is 10.0. The summed E-state index contributed by atoms with van der Waals surface area (Å²) in [5, 5.41) is 2.97. The SMILES string of the molecule is CC(C)C[C@H](N)C(=O)NCCCCN1CCN(Cc2ccccc2)CC1. The molecule has 3 N–H and O–H groups in total. The standard InChI is InChI=1S/C21H36N4O/c1-18(2)16-20(22)21(26)23-10-6-7-11-24-12-14-25(15-13-24)17-19-8-4-3-5-9-19/h3-5,8-9,18,20H,6-7,10-17,22H2,1-2H3,(H,23,26)/t20-/m0/s1. The Balaban J connectivity index is 1.52. The van der Waals surface area contributed by atoms with Crippen LogP contribution in [0.3, 0.4) is 0 Å². The maximum Gasteiger partial charge on any atom is 0.236 e. The van der Waals surface area contributed by atoms with E-state index in [4.69, 9.17) is 5.73 Å². The number of unbranched alkanes of at least 4 members (excludes halogenated alkanes) is 1. The van der Waals surface area contributed by atoms with Gasteiger partial charge in [0, 0.05) is 39.3 Å². The predicted octanol–water partition coefficient (Wildman–Crippen LogP) is 2.07. The van der Waals surface area contributed by atoms with Gasteiger partial charge in [0.2, 0.25) is 5.91 Å². The summed E-state index contributed by atoms with van der Waals surface area (Å²) in [4.78, 5) is 16.9. The van der Waals surface area contributed by atoms with E-state index in [0.717, 1.165) is 65.1 Å². The second-order valence-electron chi connectivity index (χ2n) is 7.84. The van der Waals surface area contributed by atoms with Gasteiger partial charge in [-0.25, -0.2) is 0 Å². The van der Waals surface area contributed by atoms with Crippen LogP contribution in [0, 0.1) is 5.92 Å². The van der Waals surface area contributed by atoms with Gasteiger partial charge in [-0.3, -0.25) is 9.69 Å². The van der Waals surface area contributed by atoms with Crippen molar-refractivity contribution in [3.63, 3.8) is 0 Å². The summed E-state index contributed by atoms with van der Waals surface area (Å²) in [5.74, 6) is 0.449. The third kappa shape index (κ3) is 7.85. The van der Waals surface area contributed by atoms with E-state index in [0.29, 0.717) is 5.92 Å². The van der Waals surface area contributed by atoms with E-state index in [1.807, 2.05) is 0 Å². The Labute approximate surface area is 158 Å². The largest absolute Gasteiger partial charge is 0.355 e. The van der Waals surface area contributed by atoms with Crippen molar-refractivity contribution >= 4 is 5.91 Å². The third-order valence-corrected chi connectivity index (χ3v) is 4.98. The highest BCUT2D eigenvalue weighted by molar-refractivity contribution is 5.81. The smallest absolute Gasteiger partial charge is 0.236 e. The van der Waals surface area contributed by atoms with Crippen LogP contribution in [0.25, 0.3) is 0 Å². The van der Waals surface area contributed by atoms with Crippen LogP contribution < -0.4 is 11.1 Å². The molecule has 1 fully saturated rings. The minimum Gasteiger partial charge on any atom is -0.355 e. The molecule has 5 heteroatoms. The second-order valence-corrected chi connectivity index (χ2v) is 7.84.